The predicted molar refractivity (Wildman–Crippen MR) is 348 cm³/mol. The van der Waals surface area contributed by atoms with Gasteiger partial charge in [0, 0.05) is 98.3 Å². The highest BCUT2D eigenvalue weighted by Crippen LogP contribution is 2.23. The van der Waals surface area contributed by atoms with E-state index >= 15 is 4.79 Å². The van der Waals surface area contributed by atoms with E-state index in [-0.39, 0.29) is 25.8 Å². The van der Waals surface area contributed by atoms with Gasteiger partial charge in [-0.3, -0.25) is 52.7 Å². The number of hydrogen-bond donors (Lipinski definition) is 4. The van der Waals surface area contributed by atoms with Crippen molar-refractivity contribution >= 4 is 94.5 Å². The van der Waals surface area contributed by atoms with Crippen LogP contribution in [-0.2, 0) is 76.8 Å². The van der Waals surface area contributed by atoms with Gasteiger partial charge in [0.15, 0.2) is 0 Å². The number of benzene rings is 3. The van der Waals surface area contributed by atoms with Crippen molar-refractivity contribution in [2.24, 2.45) is 11.8 Å². The molecule has 11 amide bonds. The van der Waals surface area contributed by atoms with E-state index in [0.29, 0.717) is 65.4 Å². The highest BCUT2D eigenvalue weighted by molar-refractivity contribution is 6.30. The van der Waals surface area contributed by atoms with Gasteiger partial charge in [-0.15, -0.1) is 0 Å². The molecule has 502 valence electrons. The molecule has 92 heavy (non-hydrogen) atoms. The number of hydrogen-bond acceptors (Lipinski definition) is 13. The van der Waals surface area contributed by atoms with E-state index in [0.717, 1.165) is 24.5 Å². The van der Waals surface area contributed by atoms with E-state index in [1.807, 2.05) is 0 Å². The van der Waals surface area contributed by atoms with Gasteiger partial charge in [-0.1, -0.05) is 112 Å². The first-order valence-electron chi connectivity index (χ1n) is 31.1. The van der Waals surface area contributed by atoms with Crippen LogP contribution in [0.4, 0.5) is 0 Å². The Morgan fingerprint density at radius 3 is 1.77 bits per heavy atom. The molecule has 24 nitrogen and oxygen atoms in total. The summed E-state index contributed by atoms with van der Waals surface area (Å²) in [6.45, 7) is 8.55. The SMILES string of the molecule is CC[C@H](C)[C@@H]1NC(=O)[C@H](C)N(C)C(=O)C[C@@H](C(=O)N2CCCC2)NC(=O)[C@H](C(C)C)N(C)C(=O)[C@H](Cc2ccccc2)N(C)C(=O)[C@H](C)NC[C@@](C=O)(Cc2cccc(Cl)c2)NC(=O)CN(C)C(=O)[C@H](Cc2ccc(Cl)cc2)N(C)C(=O)CN(C)C(=O)CN(C)C1=O. The summed E-state index contributed by atoms with van der Waals surface area (Å²) in [5.41, 5.74) is -0.0278. The normalized spacial score (nSPS) is 25.0. The Kier molecular flexibility index (Phi) is 27.7. The van der Waals surface area contributed by atoms with E-state index in [1.54, 1.807) is 111 Å². The van der Waals surface area contributed by atoms with Crippen LogP contribution in [-0.4, -0.2) is 247 Å². The van der Waals surface area contributed by atoms with Crippen molar-refractivity contribution in [2.45, 2.75) is 134 Å². The monoisotopic (exact) mass is 1310 g/mol. The number of amides is 11. The molecule has 0 aliphatic carbocycles. The maximum absolute atomic E-state index is 15.2. The number of likely N-dealkylation sites (N-methyl/N-ethyl adjacent to an activating group) is 7. The molecule has 4 N–H and O–H groups in total. The van der Waals surface area contributed by atoms with Crippen LogP contribution in [0.2, 0.25) is 10.0 Å². The number of carbonyl (C=O) groups is 12. The number of rotatable bonds is 11. The Hall–Kier alpha value is -7.96. The molecule has 0 unspecified atom stereocenters. The molecular weight excluding hydrogens is 1220 g/mol. The molecule has 2 aliphatic heterocycles. The molecule has 26 heteroatoms. The van der Waals surface area contributed by atoms with Crippen molar-refractivity contribution < 1.29 is 57.5 Å². The number of carbonyl (C=O) groups excluding carboxylic acids is 12. The van der Waals surface area contributed by atoms with Crippen molar-refractivity contribution in [1.82, 2.24) is 60.5 Å². The van der Waals surface area contributed by atoms with Gasteiger partial charge in [0.05, 0.1) is 32.1 Å². The lowest BCUT2D eigenvalue weighted by atomic mass is 9.91. The zero-order valence-electron chi connectivity index (χ0n) is 55.2. The zero-order chi connectivity index (χ0) is 68.5. The van der Waals surface area contributed by atoms with Crippen molar-refractivity contribution in [3.63, 3.8) is 0 Å². The lowest BCUT2D eigenvalue weighted by molar-refractivity contribution is -0.150. The summed E-state index contributed by atoms with van der Waals surface area (Å²) in [6, 6.07) is 13.2. The first-order valence-corrected chi connectivity index (χ1v) is 31.8. The molecule has 3 aromatic rings. The van der Waals surface area contributed by atoms with Crippen LogP contribution in [0.1, 0.15) is 83.9 Å². The maximum atomic E-state index is 15.2. The summed E-state index contributed by atoms with van der Waals surface area (Å²) in [4.78, 5) is 183. The van der Waals surface area contributed by atoms with E-state index in [4.69, 9.17) is 23.2 Å². The average molecular weight is 1320 g/mol. The highest BCUT2D eigenvalue weighted by Gasteiger charge is 2.42. The molecule has 2 heterocycles. The Morgan fingerprint density at radius 1 is 0.609 bits per heavy atom. The minimum atomic E-state index is -1.81. The van der Waals surface area contributed by atoms with Crippen molar-refractivity contribution in [1.29, 1.82) is 0 Å². The van der Waals surface area contributed by atoms with Gasteiger partial charge < -0.3 is 65.3 Å². The summed E-state index contributed by atoms with van der Waals surface area (Å²) in [7, 11) is 9.65. The lowest BCUT2D eigenvalue weighted by Crippen LogP contribution is -2.63. The van der Waals surface area contributed by atoms with E-state index in [9.17, 15) is 52.7 Å². The Balaban J connectivity index is 1.59. The Morgan fingerprint density at radius 2 is 1.18 bits per heavy atom. The quantitative estimate of drug-likeness (QED) is 0.201. The molecule has 3 aromatic carbocycles. The molecule has 9 atom stereocenters. The minimum absolute atomic E-state index is 0.0202. The fraction of sp³-hybridized carbons (Fsp3) is 0.545. The molecule has 0 aromatic heterocycles. The molecular formula is C66H92Cl2N12O12. The summed E-state index contributed by atoms with van der Waals surface area (Å²) >= 11 is 12.6. The fourth-order valence-electron chi connectivity index (χ4n) is 11.3. The van der Waals surface area contributed by atoms with Crippen LogP contribution in [0.15, 0.2) is 78.9 Å². The molecule has 2 saturated heterocycles. The summed E-state index contributed by atoms with van der Waals surface area (Å²) in [5, 5.41) is 12.2. The first-order chi connectivity index (χ1) is 43.3. The second-order valence-electron chi connectivity index (χ2n) is 24.9. The number of nitrogens with one attached hydrogen (secondary N) is 4. The maximum Gasteiger partial charge on any atom is 0.246 e. The van der Waals surface area contributed by atoms with Gasteiger partial charge in [0.2, 0.25) is 65.0 Å². The van der Waals surface area contributed by atoms with Crippen LogP contribution in [0.5, 0.6) is 0 Å². The minimum Gasteiger partial charge on any atom is -0.342 e. The van der Waals surface area contributed by atoms with Crippen LogP contribution >= 0.6 is 23.2 Å². The second kappa shape index (κ2) is 34.1. The largest absolute Gasteiger partial charge is 0.342 e. The third-order valence-electron chi connectivity index (χ3n) is 17.5. The van der Waals surface area contributed by atoms with Gasteiger partial charge >= 0.3 is 0 Å². The second-order valence-corrected chi connectivity index (χ2v) is 25.7. The smallest absolute Gasteiger partial charge is 0.246 e. The number of nitrogens with zero attached hydrogens (tertiary/aromatic N) is 8. The molecule has 0 spiro atoms. The van der Waals surface area contributed by atoms with E-state index in [2.05, 4.69) is 21.3 Å². The predicted octanol–water partition coefficient (Wildman–Crippen LogP) is 2.45. The third kappa shape index (κ3) is 20.0. The van der Waals surface area contributed by atoms with Gasteiger partial charge in [0.25, 0.3) is 0 Å². The summed E-state index contributed by atoms with van der Waals surface area (Å²) in [5.74, 6) is -8.62. The molecule has 5 rings (SSSR count). The van der Waals surface area contributed by atoms with Gasteiger partial charge in [-0.05, 0) is 79.5 Å². The highest BCUT2D eigenvalue weighted by atomic mass is 35.5. The van der Waals surface area contributed by atoms with Crippen molar-refractivity contribution in [3.8, 4) is 0 Å². The van der Waals surface area contributed by atoms with Crippen LogP contribution in [0.25, 0.3) is 0 Å². The molecule has 0 saturated carbocycles. The van der Waals surface area contributed by atoms with Crippen LogP contribution in [0.3, 0.4) is 0 Å². The lowest BCUT2D eigenvalue weighted by Gasteiger charge is -2.38. The topological polar surface area (TPSA) is 279 Å². The van der Waals surface area contributed by atoms with Crippen LogP contribution < -0.4 is 21.3 Å². The summed E-state index contributed by atoms with van der Waals surface area (Å²) in [6.07, 6.45) is 1.46. The van der Waals surface area contributed by atoms with E-state index in [1.165, 1.54) is 73.0 Å². The van der Waals surface area contributed by atoms with Gasteiger partial charge in [0.1, 0.15) is 48.1 Å². The Labute approximate surface area is 550 Å². The number of aldehydes is 1. The van der Waals surface area contributed by atoms with Crippen LogP contribution in [0, 0.1) is 11.8 Å². The van der Waals surface area contributed by atoms with Crippen molar-refractivity contribution in [3.05, 3.63) is 106 Å². The van der Waals surface area contributed by atoms with E-state index < -0.39 is 151 Å². The number of halogens is 2. The van der Waals surface area contributed by atoms with Gasteiger partial charge in [-0.2, -0.15) is 0 Å². The average Bonchev–Trinajstić information content (AvgIpc) is 0.924. The number of likely N-dealkylation sites (tertiary alicyclic amines) is 1. The fourth-order valence-corrected chi connectivity index (χ4v) is 11.6. The summed E-state index contributed by atoms with van der Waals surface area (Å²) < 4.78 is 0. The molecule has 2 aliphatic rings. The van der Waals surface area contributed by atoms with Crippen molar-refractivity contribution in [2.75, 3.05) is 88.6 Å². The molecule has 2 fully saturated rings. The third-order valence-corrected chi connectivity index (χ3v) is 18.0. The Bertz CT molecular complexity index is 3130. The molecule has 0 radical (unpaired) electrons. The first kappa shape index (κ1) is 74.8. The molecule has 0 bridgehead atoms. The standard InChI is InChI=1S/C66H92Cl2N12O12/c1-14-42(4)57-65(92)75(9)37-55(84)73(7)38-56(85)77(11)51(33-46-25-27-48(67)28-26-46)63(90)74(8)36-53(82)72-66(40-81,35-47-23-20-24-49(68)31-47)39-69-43(5)61(88)78(12)52(32-45-21-16-15-17-22-45)64(91)79(13)58(41(2)3)60(87)70-50(62(89)80-29-18-19-30-80)34-54(83)76(10)44(6)59(86)71-57/h15-17,20-28,31,40-44,50-52,57-58,69H,14,18-19,29-30,32-39H2,1-13H3,(H,70,87)(H,71,86)(H,72,82)/t42-,43-,44-,50-,51-,52-,57-,58-,66+/m0/s1. The zero-order valence-corrected chi connectivity index (χ0v) is 56.7. The van der Waals surface area contributed by atoms with Gasteiger partial charge in [-0.25, -0.2) is 0 Å².